The number of guanidine groups is 1. The molecule has 0 fully saturated rings. The number of phenolic OH excluding ortho intramolecular Hbond substituents is 1. The van der Waals surface area contributed by atoms with Gasteiger partial charge in [0.1, 0.15) is 17.0 Å². The Balaban J connectivity index is 3.14. The topological polar surface area (TPSA) is 114 Å². The SMILES string of the molecule is CC(C)(C)OC(=O)/N=C(\N)N(Cc1ccc(O)c(Br)c1)C(=O)OC(C)(C)C. The number of amides is 2. The number of nitrogens with two attached hydrogens (primary N) is 1. The highest BCUT2D eigenvalue weighted by Gasteiger charge is 2.26. The van der Waals surface area contributed by atoms with Crippen LogP contribution >= 0.6 is 15.9 Å². The molecule has 1 aromatic carbocycles. The van der Waals surface area contributed by atoms with Gasteiger partial charge in [-0.2, -0.15) is 0 Å². The third-order valence-electron chi connectivity index (χ3n) is 2.84. The first kappa shape index (κ1) is 22.8. The minimum atomic E-state index is -0.916. The van der Waals surface area contributed by atoms with Crippen LogP contribution in [0, 0.1) is 0 Å². The highest BCUT2D eigenvalue weighted by atomic mass is 79.9. The second-order valence-electron chi connectivity index (χ2n) is 7.80. The minimum absolute atomic E-state index is 0.0219. The maximum atomic E-state index is 12.6. The smallest absolute Gasteiger partial charge is 0.437 e. The summed E-state index contributed by atoms with van der Waals surface area (Å²) in [5.41, 5.74) is 5.00. The fourth-order valence-corrected chi connectivity index (χ4v) is 2.25. The van der Waals surface area contributed by atoms with Gasteiger partial charge in [-0.1, -0.05) is 6.07 Å². The lowest BCUT2D eigenvalue weighted by atomic mass is 10.2. The molecule has 0 aliphatic carbocycles. The largest absolute Gasteiger partial charge is 0.507 e. The molecular weight excluding hydrogens is 418 g/mol. The molecule has 27 heavy (non-hydrogen) atoms. The zero-order valence-corrected chi connectivity index (χ0v) is 18.0. The Labute approximate surface area is 167 Å². The molecule has 0 unspecified atom stereocenters. The van der Waals surface area contributed by atoms with Gasteiger partial charge in [-0.05, 0) is 75.2 Å². The first-order chi connectivity index (χ1) is 12.2. The Kier molecular flexibility index (Phi) is 7.25. The van der Waals surface area contributed by atoms with Gasteiger partial charge in [0, 0.05) is 0 Å². The Morgan fingerprint density at radius 3 is 2.19 bits per heavy atom. The van der Waals surface area contributed by atoms with Crippen molar-refractivity contribution in [2.24, 2.45) is 10.7 Å². The van der Waals surface area contributed by atoms with E-state index in [0.717, 1.165) is 4.90 Å². The molecule has 3 N–H and O–H groups in total. The second kappa shape index (κ2) is 8.60. The van der Waals surface area contributed by atoms with Gasteiger partial charge in [-0.3, -0.25) is 0 Å². The maximum absolute atomic E-state index is 12.6. The third-order valence-corrected chi connectivity index (χ3v) is 3.48. The maximum Gasteiger partial charge on any atom is 0.437 e. The standard InChI is InChI=1S/C18H26BrN3O5/c1-17(2,3)26-15(24)21-14(20)22(16(25)27-18(4,5)6)10-11-7-8-13(23)12(19)9-11/h7-9,23H,10H2,1-6H3,(H2,20,21,24). The zero-order valence-electron chi connectivity index (χ0n) is 16.4. The van der Waals surface area contributed by atoms with E-state index in [1.54, 1.807) is 53.7 Å². The lowest BCUT2D eigenvalue weighted by Crippen LogP contribution is -2.44. The molecule has 9 heteroatoms. The monoisotopic (exact) mass is 443 g/mol. The van der Waals surface area contributed by atoms with E-state index in [-0.39, 0.29) is 18.3 Å². The Morgan fingerprint density at radius 1 is 1.15 bits per heavy atom. The number of benzene rings is 1. The van der Waals surface area contributed by atoms with Crippen LogP contribution in [-0.2, 0) is 16.0 Å². The third kappa shape index (κ3) is 8.29. The average Bonchev–Trinajstić information content (AvgIpc) is 2.44. The number of carbonyl (C=O) groups excluding carboxylic acids is 2. The van der Waals surface area contributed by atoms with Crippen LogP contribution < -0.4 is 5.73 Å². The molecule has 0 aliphatic rings. The summed E-state index contributed by atoms with van der Waals surface area (Å²) in [5.74, 6) is -0.305. The van der Waals surface area contributed by atoms with Crippen LogP contribution in [0.5, 0.6) is 5.75 Å². The van der Waals surface area contributed by atoms with E-state index in [9.17, 15) is 14.7 Å². The molecule has 1 rings (SSSR count). The summed E-state index contributed by atoms with van der Waals surface area (Å²) in [6.45, 7) is 10.2. The van der Waals surface area contributed by atoms with Crippen molar-refractivity contribution in [3.63, 3.8) is 0 Å². The predicted octanol–water partition coefficient (Wildman–Crippen LogP) is 4.14. The van der Waals surface area contributed by atoms with Crippen LogP contribution in [0.15, 0.2) is 27.7 Å². The molecule has 0 heterocycles. The summed E-state index contributed by atoms with van der Waals surface area (Å²) in [7, 11) is 0. The molecular formula is C18H26BrN3O5. The number of ether oxygens (including phenoxy) is 2. The molecule has 0 aromatic heterocycles. The number of rotatable bonds is 2. The van der Waals surface area contributed by atoms with E-state index in [2.05, 4.69) is 20.9 Å². The van der Waals surface area contributed by atoms with Crippen LogP contribution in [0.25, 0.3) is 0 Å². The zero-order chi connectivity index (χ0) is 21.0. The van der Waals surface area contributed by atoms with Crippen molar-refractivity contribution in [2.75, 3.05) is 0 Å². The molecule has 0 radical (unpaired) electrons. The van der Waals surface area contributed by atoms with Gasteiger partial charge in [0.15, 0.2) is 0 Å². The number of hydrogen-bond acceptors (Lipinski definition) is 5. The summed E-state index contributed by atoms with van der Waals surface area (Å²) in [5, 5.41) is 9.61. The summed E-state index contributed by atoms with van der Waals surface area (Å²) in [6, 6.07) is 4.69. The fourth-order valence-electron chi connectivity index (χ4n) is 1.83. The van der Waals surface area contributed by atoms with Crippen molar-refractivity contribution in [2.45, 2.75) is 59.3 Å². The van der Waals surface area contributed by atoms with Crippen molar-refractivity contribution in [1.29, 1.82) is 0 Å². The van der Waals surface area contributed by atoms with Crippen LogP contribution in [0.3, 0.4) is 0 Å². The molecule has 2 amide bonds. The van der Waals surface area contributed by atoms with Crippen LogP contribution in [0.4, 0.5) is 9.59 Å². The van der Waals surface area contributed by atoms with E-state index < -0.39 is 23.4 Å². The van der Waals surface area contributed by atoms with Gasteiger partial charge in [-0.15, -0.1) is 4.99 Å². The molecule has 1 aromatic rings. The number of halogens is 1. The van der Waals surface area contributed by atoms with Crippen molar-refractivity contribution in [1.82, 2.24) is 4.90 Å². The predicted molar refractivity (Wildman–Crippen MR) is 105 cm³/mol. The molecule has 0 spiro atoms. The summed E-state index contributed by atoms with van der Waals surface area (Å²) >= 11 is 3.21. The molecule has 150 valence electrons. The second-order valence-corrected chi connectivity index (χ2v) is 8.66. The first-order valence-corrected chi connectivity index (χ1v) is 9.02. The highest BCUT2D eigenvalue weighted by molar-refractivity contribution is 9.10. The van der Waals surface area contributed by atoms with Crippen molar-refractivity contribution >= 4 is 34.1 Å². The molecule has 0 saturated carbocycles. The average molecular weight is 444 g/mol. The number of aliphatic imine (C=N–C) groups is 1. The van der Waals surface area contributed by atoms with E-state index >= 15 is 0 Å². The number of carbonyl (C=O) groups is 2. The van der Waals surface area contributed by atoms with Crippen LogP contribution in [0.1, 0.15) is 47.1 Å². The Bertz CT molecular complexity index is 735. The summed E-state index contributed by atoms with van der Waals surface area (Å²) in [4.78, 5) is 29.1. The first-order valence-electron chi connectivity index (χ1n) is 8.23. The van der Waals surface area contributed by atoms with Gasteiger partial charge >= 0.3 is 12.2 Å². The summed E-state index contributed by atoms with van der Waals surface area (Å²) < 4.78 is 10.9. The number of aromatic hydroxyl groups is 1. The van der Waals surface area contributed by atoms with Crippen LogP contribution in [-0.4, -0.2) is 39.4 Å². The number of hydrogen-bond donors (Lipinski definition) is 2. The van der Waals surface area contributed by atoms with E-state index in [1.165, 1.54) is 6.07 Å². The van der Waals surface area contributed by atoms with Gasteiger partial charge in [-0.25, -0.2) is 14.5 Å². The van der Waals surface area contributed by atoms with Crippen molar-refractivity contribution in [3.05, 3.63) is 28.2 Å². The van der Waals surface area contributed by atoms with Crippen molar-refractivity contribution in [3.8, 4) is 5.75 Å². The lowest BCUT2D eigenvalue weighted by Gasteiger charge is -2.27. The number of phenols is 1. The van der Waals surface area contributed by atoms with Gasteiger partial charge in [0.05, 0.1) is 11.0 Å². The lowest BCUT2D eigenvalue weighted by molar-refractivity contribution is 0.0356. The Morgan fingerprint density at radius 2 is 1.70 bits per heavy atom. The van der Waals surface area contributed by atoms with Gasteiger partial charge in [0.2, 0.25) is 5.96 Å². The molecule has 0 saturated heterocycles. The van der Waals surface area contributed by atoms with Crippen LogP contribution in [0.2, 0.25) is 0 Å². The van der Waals surface area contributed by atoms with E-state index in [1.807, 2.05) is 0 Å². The molecule has 0 bridgehead atoms. The molecule has 0 atom stereocenters. The van der Waals surface area contributed by atoms with Gasteiger partial charge < -0.3 is 20.3 Å². The Hall–Kier alpha value is -2.29. The van der Waals surface area contributed by atoms with E-state index in [4.69, 9.17) is 15.2 Å². The van der Waals surface area contributed by atoms with Gasteiger partial charge in [0.25, 0.3) is 0 Å². The fraction of sp³-hybridized carbons (Fsp3) is 0.500. The molecule has 0 aliphatic heterocycles. The molecule has 8 nitrogen and oxygen atoms in total. The number of nitrogens with zero attached hydrogens (tertiary/aromatic N) is 2. The minimum Gasteiger partial charge on any atom is -0.507 e. The highest BCUT2D eigenvalue weighted by Crippen LogP contribution is 2.25. The van der Waals surface area contributed by atoms with E-state index in [0.29, 0.717) is 10.0 Å². The quantitative estimate of drug-likeness (QED) is 0.524. The van der Waals surface area contributed by atoms with Crippen molar-refractivity contribution < 1.29 is 24.2 Å². The summed E-state index contributed by atoms with van der Waals surface area (Å²) in [6.07, 6.45) is -1.68. The normalized spacial score (nSPS) is 12.5.